The molecule has 0 saturated heterocycles. The number of carboxylic acids is 1. The first-order chi connectivity index (χ1) is 9.40. The van der Waals surface area contributed by atoms with Crippen molar-refractivity contribution in [3.8, 4) is 5.75 Å². The Hall–Kier alpha value is -1.55. The van der Waals surface area contributed by atoms with Crippen molar-refractivity contribution in [2.24, 2.45) is 5.92 Å². The quantitative estimate of drug-likeness (QED) is 0.833. The van der Waals surface area contributed by atoms with E-state index in [4.69, 9.17) is 9.84 Å². The van der Waals surface area contributed by atoms with Crippen LogP contribution < -0.4 is 4.74 Å². The van der Waals surface area contributed by atoms with Crippen LogP contribution in [0.15, 0.2) is 18.2 Å². The van der Waals surface area contributed by atoms with Crippen molar-refractivity contribution >= 4 is 5.97 Å². The van der Waals surface area contributed by atoms with Gasteiger partial charge in [0.25, 0.3) is 0 Å². The van der Waals surface area contributed by atoms with Crippen LogP contribution in [0.4, 0.5) is 0 Å². The molecule has 1 rings (SSSR count). The van der Waals surface area contributed by atoms with Crippen LogP contribution in [0.25, 0.3) is 0 Å². The zero-order chi connectivity index (χ0) is 15.3. The second-order valence-corrected chi connectivity index (χ2v) is 5.25. The summed E-state index contributed by atoms with van der Waals surface area (Å²) in [5.74, 6) is -0.287. The fourth-order valence-corrected chi connectivity index (χ4v) is 2.37. The molecular formula is C16H25NO3. The first-order valence-corrected chi connectivity index (χ1v) is 7.02. The van der Waals surface area contributed by atoms with Gasteiger partial charge in [-0.05, 0) is 26.5 Å². The highest BCUT2D eigenvalue weighted by Crippen LogP contribution is 2.30. The number of hydrogen-bond acceptors (Lipinski definition) is 3. The molecule has 2 unspecified atom stereocenters. The molecule has 0 spiro atoms. The van der Waals surface area contributed by atoms with Gasteiger partial charge in [-0.25, -0.2) is 0 Å². The van der Waals surface area contributed by atoms with E-state index in [0.717, 1.165) is 17.9 Å². The van der Waals surface area contributed by atoms with Crippen molar-refractivity contribution in [2.75, 3.05) is 20.2 Å². The third-order valence-corrected chi connectivity index (χ3v) is 3.72. The summed E-state index contributed by atoms with van der Waals surface area (Å²) in [5, 5.41) is 9.07. The van der Waals surface area contributed by atoms with Crippen LogP contribution in [0.3, 0.4) is 0 Å². The maximum absolute atomic E-state index is 11.0. The standard InChI is InChI=1S/C16H25NO3/c1-6-17(10-12(3)16(18)19)13(4)14-9-11(2)7-8-15(14)20-5/h7-9,12-13H,6,10H2,1-5H3,(H,18,19). The summed E-state index contributed by atoms with van der Waals surface area (Å²) in [5.41, 5.74) is 2.28. The van der Waals surface area contributed by atoms with Gasteiger partial charge in [-0.3, -0.25) is 9.69 Å². The number of rotatable bonds is 7. The maximum atomic E-state index is 11.0. The summed E-state index contributed by atoms with van der Waals surface area (Å²) in [4.78, 5) is 13.2. The van der Waals surface area contributed by atoms with E-state index in [1.54, 1.807) is 14.0 Å². The van der Waals surface area contributed by atoms with Gasteiger partial charge in [0.05, 0.1) is 13.0 Å². The van der Waals surface area contributed by atoms with Crippen LogP contribution in [0.5, 0.6) is 5.75 Å². The minimum atomic E-state index is -0.758. The third-order valence-electron chi connectivity index (χ3n) is 3.72. The fraction of sp³-hybridized carbons (Fsp3) is 0.562. The fourth-order valence-electron chi connectivity index (χ4n) is 2.37. The Bertz CT molecular complexity index is 459. The predicted octanol–water partition coefficient (Wildman–Crippen LogP) is 3.11. The van der Waals surface area contributed by atoms with Crippen LogP contribution in [-0.4, -0.2) is 36.2 Å². The molecule has 112 valence electrons. The molecule has 4 nitrogen and oxygen atoms in total. The van der Waals surface area contributed by atoms with Gasteiger partial charge < -0.3 is 9.84 Å². The van der Waals surface area contributed by atoms with Crippen molar-refractivity contribution in [2.45, 2.75) is 33.7 Å². The van der Waals surface area contributed by atoms with Crippen molar-refractivity contribution in [1.82, 2.24) is 4.90 Å². The molecule has 2 atom stereocenters. The van der Waals surface area contributed by atoms with E-state index in [1.807, 2.05) is 26.0 Å². The Labute approximate surface area is 121 Å². The summed E-state index contributed by atoms with van der Waals surface area (Å²) in [6.45, 7) is 9.26. The molecule has 1 N–H and O–H groups in total. The van der Waals surface area contributed by atoms with Gasteiger partial charge in [-0.2, -0.15) is 0 Å². The smallest absolute Gasteiger partial charge is 0.307 e. The average Bonchev–Trinajstić information content (AvgIpc) is 2.43. The predicted molar refractivity (Wildman–Crippen MR) is 80.2 cm³/mol. The van der Waals surface area contributed by atoms with E-state index in [-0.39, 0.29) is 12.0 Å². The second kappa shape index (κ2) is 7.29. The molecule has 0 aromatic heterocycles. The summed E-state index contributed by atoms with van der Waals surface area (Å²) >= 11 is 0. The van der Waals surface area contributed by atoms with E-state index in [0.29, 0.717) is 6.54 Å². The van der Waals surface area contributed by atoms with Crippen molar-refractivity contribution in [3.05, 3.63) is 29.3 Å². The average molecular weight is 279 g/mol. The number of ether oxygens (including phenoxy) is 1. The lowest BCUT2D eigenvalue weighted by atomic mass is 10.0. The minimum Gasteiger partial charge on any atom is -0.496 e. The van der Waals surface area contributed by atoms with Crippen LogP contribution in [0.1, 0.15) is 37.9 Å². The maximum Gasteiger partial charge on any atom is 0.307 e. The van der Waals surface area contributed by atoms with Crippen LogP contribution >= 0.6 is 0 Å². The first-order valence-electron chi connectivity index (χ1n) is 7.02. The number of nitrogens with zero attached hydrogens (tertiary/aromatic N) is 1. The molecule has 0 saturated carbocycles. The highest BCUT2D eigenvalue weighted by molar-refractivity contribution is 5.69. The number of carbonyl (C=O) groups is 1. The summed E-state index contributed by atoms with van der Waals surface area (Å²) in [6.07, 6.45) is 0. The number of aryl methyl sites for hydroxylation is 1. The number of hydrogen-bond donors (Lipinski definition) is 1. The molecule has 0 heterocycles. The molecule has 20 heavy (non-hydrogen) atoms. The Morgan fingerprint density at radius 2 is 2.05 bits per heavy atom. The number of benzene rings is 1. The van der Waals surface area contributed by atoms with E-state index in [2.05, 4.69) is 17.9 Å². The van der Waals surface area contributed by atoms with E-state index >= 15 is 0 Å². The van der Waals surface area contributed by atoms with Gasteiger partial charge in [-0.1, -0.05) is 31.5 Å². The summed E-state index contributed by atoms with van der Waals surface area (Å²) < 4.78 is 5.43. The lowest BCUT2D eigenvalue weighted by Crippen LogP contribution is -2.34. The molecule has 0 aliphatic carbocycles. The highest BCUT2D eigenvalue weighted by Gasteiger charge is 2.22. The summed E-state index contributed by atoms with van der Waals surface area (Å²) in [6, 6.07) is 6.22. The lowest BCUT2D eigenvalue weighted by molar-refractivity contribution is -0.141. The van der Waals surface area contributed by atoms with Gasteiger partial charge in [0.1, 0.15) is 5.75 Å². The zero-order valence-corrected chi connectivity index (χ0v) is 13.0. The third kappa shape index (κ3) is 3.97. The largest absolute Gasteiger partial charge is 0.496 e. The summed E-state index contributed by atoms with van der Waals surface area (Å²) in [7, 11) is 1.66. The molecule has 0 amide bonds. The lowest BCUT2D eigenvalue weighted by Gasteiger charge is -2.30. The van der Waals surface area contributed by atoms with Crippen molar-refractivity contribution < 1.29 is 14.6 Å². The number of carboxylic acid groups (broad SMARTS) is 1. The van der Waals surface area contributed by atoms with Gasteiger partial charge in [0.2, 0.25) is 0 Å². The van der Waals surface area contributed by atoms with Crippen molar-refractivity contribution in [3.63, 3.8) is 0 Å². The monoisotopic (exact) mass is 279 g/mol. The molecule has 1 aromatic rings. The topological polar surface area (TPSA) is 49.8 Å². The Balaban J connectivity index is 2.98. The molecule has 1 aromatic carbocycles. The minimum absolute atomic E-state index is 0.122. The Kier molecular flexibility index (Phi) is 6.02. The van der Waals surface area contributed by atoms with Crippen LogP contribution in [-0.2, 0) is 4.79 Å². The molecule has 0 aliphatic rings. The van der Waals surface area contributed by atoms with Gasteiger partial charge >= 0.3 is 5.97 Å². The van der Waals surface area contributed by atoms with Gasteiger partial charge in [0.15, 0.2) is 0 Å². The van der Waals surface area contributed by atoms with E-state index < -0.39 is 5.97 Å². The highest BCUT2D eigenvalue weighted by atomic mass is 16.5. The normalized spacial score (nSPS) is 14.1. The van der Waals surface area contributed by atoms with Crippen LogP contribution in [0, 0.1) is 12.8 Å². The Morgan fingerprint density at radius 3 is 2.55 bits per heavy atom. The second-order valence-electron chi connectivity index (χ2n) is 5.25. The van der Waals surface area contributed by atoms with Gasteiger partial charge in [-0.15, -0.1) is 0 Å². The SMILES string of the molecule is CCN(CC(C)C(=O)O)C(C)c1cc(C)ccc1OC. The van der Waals surface area contributed by atoms with E-state index in [1.165, 1.54) is 5.56 Å². The first kappa shape index (κ1) is 16.5. The number of methoxy groups -OCH3 is 1. The zero-order valence-electron chi connectivity index (χ0n) is 13.0. The molecular weight excluding hydrogens is 254 g/mol. The van der Waals surface area contributed by atoms with Crippen molar-refractivity contribution in [1.29, 1.82) is 0 Å². The van der Waals surface area contributed by atoms with E-state index in [9.17, 15) is 4.79 Å². The molecule has 4 heteroatoms. The Morgan fingerprint density at radius 1 is 1.40 bits per heavy atom. The van der Waals surface area contributed by atoms with Crippen LogP contribution in [0.2, 0.25) is 0 Å². The molecule has 0 fully saturated rings. The molecule has 0 radical (unpaired) electrons. The van der Waals surface area contributed by atoms with Gasteiger partial charge in [0, 0.05) is 18.2 Å². The number of aliphatic carboxylic acids is 1. The molecule has 0 bridgehead atoms. The molecule has 0 aliphatic heterocycles.